The highest BCUT2D eigenvalue weighted by atomic mass is 35.5. The van der Waals surface area contributed by atoms with Crippen LogP contribution in [0.25, 0.3) is 11.1 Å². The Morgan fingerprint density at radius 1 is 0.972 bits per heavy atom. The maximum absolute atomic E-state index is 12.8. The van der Waals surface area contributed by atoms with E-state index in [9.17, 15) is 4.79 Å². The van der Waals surface area contributed by atoms with Crippen molar-refractivity contribution in [3.8, 4) is 11.1 Å². The van der Waals surface area contributed by atoms with Crippen LogP contribution in [0.5, 0.6) is 0 Å². The minimum atomic E-state index is -0.252. The molecule has 0 atom stereocenters. The topological polar surface area (TPSA) is 57.3 Å². The Balaban J connectivity index is 1.32. The van der Waals surface area contributed by atoms with Crippen molar-refractivity contribution in [2.75, 3.05) is 25.0 Å². The second kappa shape index (κ2) is 11.2. The molecule has 2 aromatic carbocycles. The number of likely N-dealkylation sites (tertiary alicyclic amines) is 1. The number of urea groups is 1. The molecule has 0 unspecified atom stereocenters. The maximum atomic E-state index is 12.8. The van der Waals surface area contributed by atoms with Gasteiger partial charge in [-0.15, -0.1) is 0 Å². The molecule has 2 aliphatic rings. The lowest BCUT2D eigenvalue weighted by atomic mass is 9.72. The van der Waals surface area contributed by atoms with Crippen molar-refractivity contribution in [2.24, 2.45) is 0 Å². The second-order valence-corrected chi connectivity index (χ2v) is 10.9. The van der Waals surface area contributed by atoms with Gasteiger partial charge in [0.05, 0.1) is 0 Å². The normalized spacial score (nSPS) is 18.2. The predicted octanol–water partition coefficient (Wildman–Crippen LogP) is 7.15. The smallest absolute Gasteiger partial charge is 0.319 e. The first-order chi connectivity index (χ1) is 17.5. The number of halogens is 2. The fraction of sp³-hybridized carbons (Fsp3) is 0.379. The number of anilines is 1. The van der Waals surface area contributed by atoms with E-state index in [1.165, 1.54) is 31.2 Å². The number of pyridine rings is 1. The van der Waals surface area contributed by atoms with Crippen LogP contribution in [0.3, 0.4) is 0 Å². The van der Waals surface area contributed by atoms with Crippen LogP contribution >= 0.6 is 23.2 Å². The van der Waals surface area contributed by atoms with Crippen molar-refractivity contribution in [1.29, 1.82) is 0 Å². The molecule has 5 rings (SSSR count). The molecule has 7 heteroatoms. The molecule has 2 N–H and O–H groups in total. The Bertz CT molecular complexity index is 1150. The van der Waals surface area contributed by atoms with Gasteiger partial charge in [0.25, 0.3) is 0 Å². The SMILES string of the molecule is O=C(NCC1(c2ccc(-c3cccnc3)cc2)CCN(C2CCCC2)CC1)Nc1cc(Cl)cc(Cl)c1. The maximum Gasteiger partial charge on any atom is 0.319 e. The highest BCUT2D eigenvalue weighted by molar-refractivity contribution is 6.35. The molecule has 188 valence electrons. The number of hydrogen-bond donors (Lipinski definition) is 2. The molecular formula is C29H32Cl2N4O. The van der Waals surface area contributed by atoms with E-state index < -0.39 is 0 Å². The monoisotopic (exact) mass is 522 g/mol. The van der Waals surface area contributed by atoms with Gasteiger partial charge in [-0.1, -0.05) is 66.4 Å². The first-order valence-corrected chi connectivity index (χ1v) is 13.5. The van der Waals surface area contributed by atoms with Crippen molar-refractivity contribution in [1.82, 2.24) is 15.2 Å². The van der Waals surface area contributed by atoms with Gasteiger partial charge in [-0.2, -0.15) is 0 Å². The minimum Gasteiger partial charge on any atom is -0.337 e. The molecule has 1 saturated heterocycles. The van der Waals surface area contributed by atoms with E-state index in [0.29, 0.717) is 22.3 Å². The summed E-state index contributed by atoms with van der Waals surface area (Å²) in [6.45, 7) is 2.68. The zero-order valence-electron chi connectivity index (χ0n) is 20.4. The summed E-state index contributed by atoms with van der Waals surface area (Å²) in [5, 5.41) is 7.00. The number of hydrogen-bond acceptors (Lipinski definition) is 3. The molecule has 0 bridgehead atoms. The van der Waals surface area contributed by atoms with E-state index in [2.05, 4.69) is 50.8 Å². The largest absolute Gasteiger partial charge is 0.337 e. The standard InChI is InChI=1S/C29H32Cl2N4O/c30-24-16-25(31)18-26(17-24)34-28(36)33-20-29(11-14-35(15-12-29)27-5-1-2-6-27)23-9-7-21(8-10-23)22-4-3-13-32-19-22/h3-4,7-10,13,16-19,27H,1-2,5-6,11-12,14-15,20H2,(H2,33,34,36). The number of nitrogens with zero attached hydrogens (tertiary/aromatic N) is 2. The molecule has 1 aliphatic carbocycles. The fourth-order valence-electron chi connectivity index (χ4n) is 5.75. The minimum absolute atomic E-state index is 0.119. The first-order valence-electron chi connectivity index (χ1n) is 12.8. The molecule has 1 saturated carbocycles. The van der Waals surface area contributed by atoms with Gasteiger partial charge in [0, 0.05) is 46.1 Å². The van der Waals surface area contributed by atoms with E-state index in [1.54, 1.807) is 24.4 Å². The number of carbonyl (C=O) groups excluding carboxylic acids is 1. The molecular weight excluding hydrogens is 491 g/mol. The van der Waals surface area contributed by atoms with Gasteiger partial charge in [0.2, 0.25) is 0 Å². The van der Waals surface area contributed by atoms with Crippen LogP contribution in [0.1, 0.15) is 44.1 Å². The van der Waals surface area contributed by atoms with Gasteiger partial charge in [0.15, 0.2) is 0 Å². The summed E-state index contributed by atoms with van der Waals surface area (Å²) in [6.07, 6.45) is 11.0. The Morgan fingerprint density at radius 2 is 1.67 bits per heavy atom. The molecule has 1 aromatic heterocycles. The predicted molar refractivity (Wildman–Crippen MR) is 148 cm³/mol. The summed E-state index contributed by atoms with van der Waals surface area (Å²) < 4.78 is 0. The number of carbonyl (C=O) groups is 1. The van der Waals surface area contributed by atoms with Gasteiger partial charge in [-0.05, 0) is 79.7 Å². The summed E-state index contributed by atoms with van der Waals surface area (Å²) in [5.74, 6) is 0. The van der Waals surface area contributed by atoms with E-state index in [4.69, 9.17) is 23.2 Å². The number of amides is 2. The molecule has 5 nitrogen and oxygen atoms in total. The third-order valence-electron chi connectivity index (χ3n) is 7.80. The van der Waals surface area contributed by atoms with Crippen LogP contribution in [0, 0.1) is 0 Å². The number of piperidine rings is 1. The van der Waals surface area contributed by atoms with Gasteiger partial charge < -0.3 is 15.5 Å². The van der Waals surface area contributed by atoms with E-state index in [1.807, 2.05) is 12.3 Å². The van der Waals surface area contributed by atoms with Crippen molar-refractivity contribution < 1.29 is 4.79 Å². The van der Waals surface area contributed by atoms with Crippen molar-refractivity contribution in [2.45, 2.75) is 50.0 Å². The Morgan fingerprint density at radius 3 is 2.31 bits per heavy atom. The van der Waals surface area contributed by atoms with Gasteiger partial charge in [-0.25, -0.2) is 4.79 Å². The lowest BCUT2D eigenvalue weighted by Gasteiger charge is -2.44. The van der Waals surface area contributed by atoms with Gasteiger partial charge in [0.1, 0.15) is 0 Å². The van der Waals surface area contributed by atoms with Gasteiger partial charge in [-0.3, -0.25) is 4.98 Å². The van der Waals surface area contributed by atoms with E-state index in [-0.39, 0.29) is 11.4 Å². The van der Waals surface area contributed by atoms with Crippen LogP contribution in [0.4, 0.5) is 10.5 Å². The van der Waals surface area contributed by atoms with Crippen molar-refractivity contribution in [3.05, 3.63) is 82.6 Å². The average Bonchev–Trinajstić information content (AvgIpc) is 3.43. The lowest BCUT2D eigenvalue weighted by Crippen LogP contribution is -2.51. The number of rotatable bonds is 6. The van der Waals surface area contributed by atoms with Crippen LogP contribution in [-0.2, 0) is 5.41 Å². The van der Waals surface area contributed by atoms with Crippen molar-refractivity contribution >= 4 is 34.9 Å². The second-order valence-electron chi connectivity index (χ2n) is 10.0. The lowest BCUT2D eigenvalue weighted by molar-refractivity contribution is 0.115. The number of nitrogens with one attached hydrogen (secondary N) is 2. The van der Waals surface area contributed by atoms with Crippen LogP contribution in [0.2, 0.25) is 10.0 Å². The highest BCUT2D eigenvalue weighted by Crippen LogP contribution is 2.38. The number of benzene rings is 2. The molecule has 2 amide bonds. The highest BCUT2D eigenvalue weighted by Gasteiger charge is 2.38. The van der Waals surface area contributed by atoms with Crippen LogP contribution in [0.15, 0.2) is 67.0 Å². The summed E-state index contributed by atoms with van der Waals surface area (Å²) >= 11 is 12.2. The summed E-state index contributed by atoms with van der Waals surface area (Å²) in [4.78, 5) is 19.8. The zero-order chi connectivity index (χ0) is 25.0. The Labute approximate surface area is 223 Å². The summed E-state index contributed by atoms with van der Waals surface area (Å²) in [7, 11) is 0. The Kier molecular flexibility index (Phi) is 7.80. The molecule has 1 aliphatic heterocycles. The molecule has 3 aromatic rings. The zero-order valence-corrected chi connectivity index (χ0v) is 21.9. The van der Waals surface area contributed by atoms with Gasteiger partial charge >= 0.3 is 6.03 Å². The third kappa shape index (κ3) is 5.86. The van der Waals surface area contributed by atoms with E-state index in [0.717, 1.165) is 43.1 Å². The quantitative estimate of drug-likeness (QED) is 0.361. The summed E-state index contributed by atoms with van der Waals surface area (Å²) in [5.41, 5.74) is 3.98. The number of aromatic nitrogens is 1. The summed E-state index contributed by atoms with van der Waals surface area (Å²) in [6, 6.07) is 18.3. The molecule has 0 radical (unpaired) electrons. The molecule has 2 fully saturated rings. The first kappa shape index (κ1) is 25.1. The molecule has 2 heterocycles. The van der Waals surface area contributed by atoms with Crippen LogP contribution in [-0.4, -0.2) is 41.6 Å². The molecule has 0 spiro atoms. The Hall–Kier alpha value is -2.60. The fourth-order valence-corrected chi connectivity index (χ4v) is 6.28. The van der Waals surface area contributed by atoms with E-state index >= 15 is 0 Å². The van der Waals surface area contributed by atoms with Crippen LogP contribution < -0.4 is 10.6 Å². The third-order valence-corrected chi connectivity index (χ3v) is 8.23. The molecule has 36 heavy (non-hydrogen) atoms. The average molecular weight is 524 g/mol. The van der Waals surface area contributed by atoms with Crippen molar-refractivity contribution in [3.63, 3.8) is 0 Å².